The molecule has 1 aromatic heterocycles. The maximum absolute atomic E-state index is 5.82. The van der Waals surface area contributed by atoms with Crippen LogP contribution in [-0.4, -0.2) is 22.5 Å². The average Bonchev–Trinajstić information content (AvgIpc) is 2.49. The van der Waals surface area contributed by atoms with E-state index in [-0.39, 0.29) is 0 Å². The largest absolute Gasteiger partial charge is 0.399 e. The van der Waals surface area contributed by atoms with Crippen molar-refractivity contribution in [2.75, 3.05) is 23.9 Å². The Kier molecular flexibility index (Phi) is 4.76. The zero-order chi connectivity index (χ0) is 14.6. The maximum Gasteiger partial charge on any atom is 0.0743 e. The van der Waals surface area contributed by atoms with Crippen LogP contribution in [0.2, 0.25) is 0 Å². The minimum atomic E-state index is 0.295. The van der Waals surface area contributed by atoms with Crippen molar-refractivity contribution in [2.24, 2.45) is 0 Å². The van der Waals surface area contributed by atoms with E-state index >= 15 is 0 Å². The zero-order valence-corrected chi connectivity index (χ0v) is 13.3. The van der Waals surface area contributed by atoms with Crippen molar-refractivity contribution in [1.29, 1.82) is 0 Å². The minimum absolute atomic E-state index is 0.295. The first-order valence-electron chi connectivity index (χ1n) is 7.07. The molecule has 0 unspecified atom stereocenters. The smallest absolute Gasteiger partial charge is 0.0743 e. The third-order valence-electron chi connectivity index (χ3n) is 4.09. The summed E-state index contributed by atoms with van der Waals surface area (Å²) in [6, 6.07) is 7.92. The molecular formula is C16H23N3S. The molecule has 2 aromatic rings. The fraction of sp³-hybridized carbons (Fsp3) is 0.438. The molecule has 0 amide bonds. The number of aromatic nitrogens is 1. The van der Waals surface area contributed by atoms with Crippen molar-refractivity contribution in [1.82, 2.24) is 4.98 Å². The quantitative estimate of drug-likeness (QED) is 0.784. The number of hydrogen-bond donors (Lipinski definition) is 2. The van der Waals surface area contributed by atoms with Gasteiger partial charge in [0.25, 0.3) is 0 Å². The number of fused-ring (bicyclic) bond motifs is 1. The number of nitrogen functional groups attached to an aromatic ring is 1. The van der Waals surface area contributed by atoms with E-state index in [0.29, 0.717) is 4.75 Å². The summed E-state index contributed by atoms with van der Waals surface area (Å²) >= 11 is 1.95. The van der Waals surface area contributed by atoms with Gasteiger partial charge in [-0.05, 0) is 43.4 Å². The molecule has 0 radical (unpaired) electrons. The van der Waals surface area contributed by atoms with E-state index < -0.39 is 0 Å². The van der Waals surface area contributed by atoms with Gasteiger partial charge in [0.05, 0.1) is 5.52 Å². The van der Waals surface area contributed by atoms with E-state index in [4.69, 9.17) is 5.73 Å². The Hall–Kier alpha value is -1.42. The molecule has 108 valence electrons. The van der Waals surface area contributed by atoms with Crippen LogP contribution in [0.5, 0.6) is 0 Å². The number of benzene rings is 1. The highest BCUT2D eigenvalue weighted by molar-refractivity contribution is 8.00. The molecule has 0 saturated heterocycles. The van der Waals surface area contributed by atoms with Crippen LogP contribution in [0, 0.1) is 0 Å². The highest BCUT2D eigenvalue weighted by atomic mass is 32.2. The SMILES string of the molecule is CCC(CC)(CNc1ccnc2cc(N)ccc12)SC. The van der Waals surface area contributed by atoms with Crippen LogP contribution in [0.25, 0.3) is 10.9 Å². The molecule has 1 aromatic carbocycles. The fourth-order valence-electron chi connectivity index (χ4n) is 2.44. The lowest BCUT2D eigenvalue weighted by Crippen LogP contribution is -2.32. The van der Waals surface area contributed by atoms with Gasteiger partial charge in [-0.3, -0.25) is 4.98 Å². The normalized spacial score (nSPS) is 11.8. The molecule has 3 N–H and O–H groups in total. The third-order valence-corrected chi connectivity index (χ3v) is 5.68. The van der Waals surface area contributed by atoms with Crippen LogP contribution >= 0.6 is 11.8 Å². The van der Waals surface area contributed by atoms with E-state index in [2.05, 4.69) is 30.4 Å². The van der Waals surface area contributed by atoms with Crippen molar-refractivity contribution in [3.05, 3.63) is 30.5 Å². The molecule has 2 rings (SSSR count). The van der Waals surface area contributed by atoms with Gasteiger partial charge in [-0.25, -0.2) is 0 Å². The summed E-state index contributed by atoms with van der Waals surface area (Å²) in [5.41, 5.74) is 8.65. The highest BCUT2D eigenvalue weighted by Crippen LogP contribution is 2.32. The van der Waals surface area contributed by atoms with Gasteiger partial charge in [0.2, 0.25) is 0 Å². The van der Waals surface area contributed by atoms with E-state index in [1.54, 1.807) is 0 Å². The number of nitrogens with zero attached hydrogens (tertiary/aromatic N) is 1. The van der Waals surface area contributed by atoms with Crippen molar-refractivity contribution >= 4 is 34.0 Å². The summed E-state index contributed by atoms with van der Waals surface area (Å²) < 4.78 is 0.295. The predicted molar refractivity (Wildman–Crippen MR) is 91.5 cm³/mol. The van der Waals surface area contributed by atoms with Crippen LogP contribution in [0.15, 0.2) is 30.5 Å². The Bertz CT molecular complexity index is 571. The first-order chi connectivity index (χ1) is 9.64. The zero-order valence-electron chi connectivity index (χ0n) is 12.4. The lowest BCUT2D eigenvalue weighted by atomic mass is 10.0. The van der Waals surface area contributed by atoms with Crippen molar-refractivity contribution in [2.45, 2.75) is 31.4 Å². The van der Waals surface area contributed by atoms with Gasteiger partial charge in [0.1, 0.15) is 0 Å². The molecule has 20 heavy (non-hydrogen) atoms. The third kappa shape index (κ3) is 3.01. The van der Waals surface area contributed by atoms with E-state index in [1.807, 2.05) is 42.2 Å². The molecule has 0 aliphatic carbocycles. The Balaban J connectivity index is 2.26. The van der Waals surface area contributed by atoms with E-state index in [0.717, 1.165) is 41.7 Å². The number of pyridine rings is 1. The van der Waals surface area contributed by atoms with E-state index in [9.17, 15) is 0 Å². The predicted octanol–water partition coefficient (Wildman–Crippen LogP) is 4.15. The summed E-state index contributed by atoms with van der Waals surface area (Å²) in [6.45, 7) is 5.48. The van der Waals surface area contributed by atoms with Crippen LogP contribution in [0.4, 0.5) is 11.4 Å². The molecule has 1 heterocycles. The lowest BCUT2D eigenvalue weighted by Gasteiger charge is -2.30. The number of thioether (sulfide) groups is 1. The second kappa shape index (κ2) is 6.35. The molecule has 0 fully saturated rings. The Labute approximate surface area is 125 Å². The number of nitrogens with two attached hydrogens (primary N) is 1. The van der Waals surface area contributed by atoms with E-state index in [1.165, 1.54) is 0 Å². The summed E-state index contributed by atoms with van der Waals surface area (Å²) in [4.78, 5) is 4.38. The molecule has 4 heteroatoms. The lowest BCUT2D eigenvalue weighted by molar-refractivity contribution is 0.575. The summed E-state index contributed by atoms with van der Waals surface area (Å²) in [5, 5.41) is 4.73. The standard InChI is InChI=1S/C16H23N3S/c1-4-16(5-2,20-3)11-19-14-8-9-18-15-10-12(17)6-7-13(14)15/h6-10H,4-5,11,17H2,1-3H3,(H,18,19). The van der Waals surface area contributed by atoms with Gasteiger partial charge in [0, 0.05) is 34.2 Å². The van der Waals surface area contributed by atoms with Crippen LogP contribution in [0.1, 0.15) is 26.7 Å². The molecular weight excluding hydrogens is 266 g/mol. The maximum atomic E-state index is 5.82. The molecule has 0 bridgehead atoms. The number of hydrogen-bond acceptors (Lipinski definition) is 4. The Morgan fingerprint density at radius 2 is 2.00 bits per heavy atom. The topological polar surface area (TPSA) is 50.9 Å². The summed E-state index contributed by atoms with van der Waals surface area (Å²) in [6.07, 6.45) is 6.35. The summed E-state index contributed by atoms with van der Waals surface area (Å²) in [5.74, 6) is 0. The second-order valence-corrected chi connectivity index (χ2v) is 6.36. The van der Waals surface area contributed by atoms with Crippen molar-refractivity contribution in [3.8, 4) is 0 Å². The van der Waals surface area contributed by atoms with Crippen molar-refractivity contribution < 1.29 is 0 Å². The van der Waals surface area contributed by atoms with Crippen molar-refractivity contribution in [3.63, 3.8) is 0 Å². The molecule has 0 aliphatic rings. The van der Waals surface area contributed by atoms with Gasteiger partial charge in [-0.1, -0.05) is 13.8 Å². The van der Waals surface area contributed by atoms with Crippen LogP contribution < -0.4 is 11.1 Å². The highest BCUT2D eigenvalue weighted by Gasteiger charge is 2.24. The minimum Gasteiger partial charge on any atom is -0.399 e. The molecule has 0 saturated carbocycles. The van der Waals surface area contributed by atoms with Gasteiger partial charge in [0.15, 0.2) is 0 Å². The first kappa shape index (κ1) is 15.0. The average molecular weight is 289 g/mol. The summed E-state index contributed by atoms with van der Waals surface area (Å²) in [7, 11) is 0. The fourth-order valence-corrected chi connectivity index (χ4v) is 3.23. The molecule has 0 atom stereocenters. The number of rotatable bonds is 6. The van der Waals surface area contributed by atoms with Gasteiger partial charge in [-0.2, -0.15) is 11.8 Å². The molecule has 3 nitrogen and oxygen atoms in total. The molecule has 0 aliphatic heterocycles. The molecule has 0 spiro atoms. The Morgan fingerprint density at radius 3 is 2.65 bits per heavy atom. The van der Waals surface area contributed by atoms with Crippen LogP contribution in [0.3, 0.4) is 0 Å². The van der Waals surface area contributed by atoms with Gasteiger partial charge in [-0.15, -0.1) is 0 Å². The Morgan fingerprint density at radius 1 is 1.25 bits per heavy atom. The van der Waals surface area contributed by atoms with Crippen LogP contribution in [-0.2, 0) is 0 Å². The van der Waals surface area contributed by atoms with Gasteiger partial charge >= 0.3 is 0 Å². The monoisotopic (exact) mass is 289 g/mol. The van der Waals surface area contributed by atoms with Gasteiger partial charge < -0.3 is 11.1 Å². The first-order valence-corrected chi connectivity index (χ1v) is 8.30. The number of nitrogens with one attached hydrogen (secondary N) is 1. The number of anilines is 2. The second-order valence-electron chi connectivity index (χ2n) is 5.08.